The van der Waals surface area contributed by atoms with Gasteiger partial charge in [-0.2, -0.15) is 0 Å². The molecule has 0 radical (unpaired) electrons. The van der Waals surface area contributed by atoms with Crippen molar-refractivity contribution in [3.05, 3.63) is 23.8 Å². The van der Waals surface area contributed by atoms with Gasteiger partial charge in [0.05, 0.1) is 14.2 Å². The van der Waals surface area contributed by atoms with Crippen LogP contribution in [0, 0.1) is 5.92 Å². The van der Waals surface area contributed by atoms with Crippen LogP contribution in [0.5, 0.6) is 11.5 Å². The molecule has 0 aromatic heterocycles. The van der Waals surface area contributed by atoms with Crippen LogP contribution in [0.3, 0.4) is 0 Å². The number of carbonyl (C=O) groups is 1. The summed E-state index contributed by atoms with van der Waals surface area (Å²) < 4.78 is 10.5. The van der Waals surface area contributed by atoms with Gasteiger partial charge in [0.2, 0.25) is 5.91 Å². The van der Waals surface area contributed by atoms with Crippen LogP contribution in [-0.4, -0.2) is 44.7 Å². The smallest absolute Gasteiger partial charge is 0.222 e. The topological polar surface area (TPSA) is 64.8 Å². The number of hydrogen-bond donors (Lipinski definition) is 1. The van der Waals surface area contributed by atoms with Gasteiger partial charge in [0.25, 0.3) is 0 Å². The van der Waals surface area contributed by atoms with Crippen LogP contribution in [0.25, 0.3) is 0 Å². The van der Waals surface area contributed by atoms with Crippen LogP contribution in [0.15, 0.2) is 18.2 Å². The molecule has 0 bridgehead atoms. The number of carbonyl (C=O) groups excluding carboxylic acids is 1. The zero-order valence-electron chi connectivity index (χ0n) is 12.1. The molecular formula is C15H22N2O3. The molecule has 2 rings (SSSR count). The minimum absolute atomic E-state index is 0.209. The summed E-state index contributed by atoms with van der Waals surface area (Å²) in [5, 5.41) is 0. The Balaban J connectivity index is 1.96. The fourth-order valence-electron chi connectivity index (χ4n) is 2.53. The Hall–Kier alpha value is -1.75. The van der Waals surface area contributed by atoms with E-state index in [0.29, 0.717) is 18.9 Å². The Morgan fingerprint density at radius 2 is 2.05 bits per heavy atom. The Morgan fingerprint density at radius 3 is 2.65 bits per heavy atom. The molecule has 1 saturated heterocycles. The van der Waals surface area contributed by atoms with E-state index in [1.165, 1.54) is 0 Å². The Morgan fingerprint density at radius 1 is 1.30 bits per heavy atom. The van der Waals surface area contributed by atoms with E-state index in [2.05, 4.69) is 0 Å². The molecule has 1 aromatic carbocycles. The van der Waals surface area contributed by atoms with E-state index in [1.54, 1.807) is 14.2 Å². The molecule has 20 heavy (non-hydrogen) atoms. The lowest BCUT2D eigenvalue weighted by molar-refractivity contribution is -0.127. The molecule has 1 fully saturated rings. The second-order valence-electron chi connectivity index (χ2n) is 5.08. The maximum Gasteiger partial charge on any atom is 0.222 e. The molecule has 0 spiro atoms. The summed E-state index contributed by atoms with van der Waals surface area (Å²) in [6, 6.07) is 5.85. The summed E-state index contributed by atoms with van der Waals surface area (Å²) in [7, 11) is 3.24. The first kappa shape index (κ1) is 14.7. The molecule has 1 amide bonds. The van der Waals surface area contributed by atoms with E-state index in [9.17, 15) is 4.79 Å². The molecule has 5 heteroatoms. The fourth-order valence-corrected chi connectivity index (χ4v) is 2.53. The molecule has 1 heterocycles. The van der Waals surface area contributed by atoms with Crippen LogP contribution in [-0.2, 0) is 11.2 Å². The minimum atomic E-state index is 0.209. The van der Waals surface area contributed by atoms with Gasteiger partial charge in [-0.05, 0) is 36.6 Å². The van der Waals surface area contributed by atoms with Crippen LogP contribution in [0.1, 0.15) is 12.0 Å². The van der Waals surface area contributed by atoms with E-state index < -0.39 is 0 Å². The molecule has 1 unspecified atom stereocenters. The number of amides is 1. The van der Waals surface area contributed by atoms with Crippen molar-refractivity contribution in [2.45, 2.75) is 12.8 Å². The van der Waals surface area contributed by atoms with Crippen molar-refractivity contribution >= 4 is 5.91 Å². The van der Waals surface area contributed by atoms with E-state index in [4.69, 9.17) is 15.2 Å². The van der Waals surface area contributed by atoms with Crippen molar-refractivity contribution in [1.29, 1.82) is 0 Å². The Kier molecular flexibility index (Phi) is 4.84. The number of benzene rings is 1. The molecule has 110 valence electrons. The zero-order valence-corrected chi connectivity index (χ0v) is 12.1. The third kappa shape index (κ3) is 3.22. The first-order valence-corrected chi connectivity index (χ1v) is 6.86. The fraction of sp³-hybridized carbons (Fsp3) is 0.533. The van der Waals surface area contributed by atoms with Gasteiger partial charge in [-0.25, -0.2) is 0 Å². The third-order valence-electron chi connectivity index (χ3n) is 3.75. The van der Waals surface area contributed by atoms with Crippen molar-refractivity contribution in [2.75, 3.05) is 33.9 Å². The lowest BCUT2D eigenvalue weighted by Crippen LogP contribution is -2.28. The first-order chi connectivity index (χ1) is 9.67. The number of rotatable bonds is 6. The normalized spacial score (nSPS) is 18.4. The predicted octanol–water partition coefficient (Wildman–Crippen LogP) is 1.05. The van der Waals surface area contributed by atoms with Crippen LogP contribution < -0.4 is 15.2 Å². The summed E-state index contributed by atoms with van der Waals surface area (Å²) in [4.78, 5) is 13.7. The zero-order chi connectivity index (χ0) is 14.5. The largest absolute Gasteiger partial charge is 0.493 e. The van der Waals surface area contributed by atoms with Crippen LogP contribution in [0.4, 0.5) is 0 Å². The lowest BCUT2D eigenvalue weighted by Gasteiger charge is -2.17. The summed E-state index contributed by atoms with van der Waals surface area (Å²) in [6.45, 7) is 2.09. The van der Waals surface area contributed by atoms with Gasteiger partial charge in [-0.3, -0.25) is 4.79 Å². The highest BCUT2D eigenvalue weighted by atomic mass is 16.5. The van der Waals surface area contributed by atoms with Crippen molar-refractivity contribution in [2.24, 2.45) is 11.7 Å². The molecule has 1 aromatic rings. The molecule has 1 aliphatic rings. The SMILES string of the molecule is COc1ccc(CCN2CC(CN)CC2=O)cc1OC. The molecule has 1 atom stereocenters. The van der Waals surface area contributed by atoms with E-state index in [1.807, 2.05) is 23.1 Å². The average Bonchev–Trinajstić information content (AvgIpc) is 2.85. The number of hydrogen-bond acceptors (Lipinski definition) is 4. The van der Waals surface area contributed by atoms with E-state index in [0.717, 1.165) is 36.6 Å². The quantitative estimate of drug-likeness (QED) is 0.845. The monoisotopic (exact) mass is 278 g/mol. The summed E-state index contributed by atoms with van der Waals surface area (Å²) in [6.07, 6.45) is 1.39. The molecule has 2 N–H and O–H groups in total. The standard InChI is InChI=1S/C15H22N2O3/c1-19-13-4-3-11(7-14(13)20-2)5-6-17-10-12(9-16)8-15(17)18/h3-4,7,12H,5-6,8-10,16H2,1-2H3. The summed E-state index contributed by atoms with van der Waals surface area (Å²) in [5.74, 6) is 1.96. The number of nitrogens with two attached hydrogens (primary N) is 1. The Labute approximate surface area is 119 Å². The van der Waals surface area contributed by atoms with E-state index >= 15 is 0 Å². The summed E-state index contributed by atoms with van der Waals surface area (Å²) >= 11 is 0. The van der Waals surface area contributed by atoms with Gasteiger partial charge >= 0.3 is 0 Å². The highest BCUT2D eigenvalue weighted by Crippen LogP contribution is 2.28. The van der Waals surface area contributed by atoms with Gasteiger partial charge in [-0.15, -0.1) is 0 Å². The van der Waals surface area contributed by atoms with Gasteiger partial charge in [0.15, 0.2) is 11.5 Å². The van der Waals surface area contributed by atoms with Crippen LogP contribution in [0.2, 0.25) is 0 Å². The van der Waals surface area contributed by atoms with Crippen molar-refractivity contribution in [3.63, 3.8) is 0 Å². The number of methoxy groups -OCH3 is 2. The maximum atomic E-state index is 11.8. The Bertz CT molecular complexity index is 476. The minimum Gasteiger partial charge on any atom is -0.493 e. The van der Waals surface area contributed by atoms with E-state index in [-0.39, 0.29) is 5.91 Å². The van der Waals surface area contributed by atoms with Gasteiger partial charge in [-0.1, -0.05) is 6.07 Å². The number of likely N-dealkylation sites (tertiary alicyclic amines) is 1. The first-order valence-electron chi connectivity index (χ1n) is 6.86. The second kappa shape index (κ2) is 6.61. The highest BCUT2D eigenvalue weighted by Gasteiger charge is 2.27. The molecule has 0 aliphatic carbocycles. The molecule has 5 nitrogen and oxygen atoms in total. The second-order valence-corrected chi connectivity index (χ2v) is 5.08. The van der Waals surface area contributed by atoms with Gasteiger partial charge in [0, 0.05) is 19.5 Å². The van der Waals surface area contributed by atoms with Crippen molar-refractivity contribution < 1.29 is 14.3 Å². The average molecular weight is 278 g/mol. The van der Waals surface area contributed by atoms with Gasteiger partial charge in [0.1, 0.15) is 0 Å². The lowest BCUT2D eigenvalue weighted by atomic mass is 10.1. The van der Waals surface area contributed by atoms with Gasteiger partial charge < -0.3 is 20.1 Å². The number of nitrogens with zero attached hydrogens (tertiary/aromatic N) is 1. The number of ether oxygens (including phenoxy) is 2. The molecule has 1 aliphatic heterocycles. The molecule has 0 saturated carbocycles. The van der Waals surface area contributed by atoms with Crippen molar-refractivity contribution in [1.82, 2.24) is 4.90 Å². The van der Waals surface area contributed by atoms with Crippen LogP contribution >= 0.6 is 0 Å². The highest BCUT2D eigenvalue weighted by molar-refractivity contribution is 5.78. The predicted molar refractivity (Wildman–Crippen MR) is 77.0 cm³/mol. The molecular weight excluding hydrogens is 256 g/mol. The third-order valence-corrected chi connectivity index (χ3v) is 3.75. The summed E-state index contributed by atoms with van der Waals surface area (Å²) in [5.41, 5.74) is 6.76. The maximum absolute atomic E-state index is 11.8. The van der Waals surface area contributed by atoms with Crippen molar-refractivity contribution in [3.8, 4) is 11.5 Å².